The molecule has 3 heterocycles. The lowest BCUT2D eigenvalue weighted by Gasteiger charge is -2.30. The Bertz CT molecular complexity index is 604. The summed E-state index contributed by atoms with van der Waals surface area (Å²) in [6, 6.07) is 2.35. The van der Waals surface area contributed by atoms with E-state index in [1.165, 1.54) is 0 Å². The molecule has 0 unspecified atom stereocenters. The lowest BCUT2D eigenvalue weighted by molar-refractivity contribution is 0.00970. The molecule has 1 saturated heterocycles. The molecule has 0 radical (unpaired) electrons. The molecular weight excluding hydrogens is 266 g/mol. The predicted octanol–water partition coefficient (Wildman–Crippen LogP) is 2.16. The van der Waals surface area contributed by atoms with E-state index in [1.54, 1.807) is 0 Å². The zero-order valence-electron chi connectivity index (χ0n) is 12.7. The molecule has 1 aliphatic rings. The Morgan fingerprint density at radius 3 is 2.90 bits per heavy atom. The molecule has 1 N–H and O–H groups in total. The first-order chi connectivity index (χ1) is 10.1. The van der Waals surface area contributed by atoms with Crippen molar-refractivity contribution in [2.45, 2.75) is 38.8 Å². The Kier molecular flexibility index (Phi) is 3.88. The smallest absolute Gasteiger partial charge is 0.130 e. The van der Waals surface area contributed by atoms with E-state index in [2.05, 4.69) is 20.4 Å². The number of hydrogen-bond acceptors (Lipinski definition) is 5. The topological polar surface area (TPSA) is 64.9 Å². The number of nitrogens with one attached hydrogen (secondary N) is 1. The van der Waals surface area contributed by atoms with E-state index in [0.717, 1.165) is 42.3 Å². The highest BCUT2D eigenvalue weighted by Gasteiger charge is 2.25. The number of ether oxygens (including phenoxy) is 1. The third-order valence-corrected chi connectivity index (χ3v) is 3.70. The monoisotopic (exact) mass is 287 g/mol. The zero-order valence-corrected chi connectivity index (χ0v) is 12.7. The second kappa shape index (κ2) is 5.81. The predicted molar refractivity (Wildman–Crippen MR) is 80.1 cm³/mol. The Hall–Kier alpha value is -1.95. The second-order valence-electron chi connectivity index (χ2n) is 5.61. The third kappa shape index (κ3) is 3.39. The van der Waals surface area contributed by atoms with Crippen LogP contribution in [0.5, 0.6) is 0 Å². The average Bonchev–Trinajstić information content (AvgIpc) is 2.84. The summed E-state index contributed by atoms with van der Waals surface area (Å²) in [5.74, 6) is 1.70. The van der Waals surface area contributed by atoms with Gasteiger partial charge in [-0.2, -0.15) is 5.10 Å². The number of hydrogen-bond donors (Lipinski definition) is 1. The maximum absolute atomic E-state index is 5.87. The standard InChI is InChI=1S/C15H21N5O/c1-10-6-15(18-11(2)17-10)19-13-4-5-21-14(7-13)12-8-16-20(3)9-12/h6,8-9,13-14H,4-5,7H2,1-3H3,(H,17,18,19)/t13-,14-/m0/s1. The van der Waals surface area contributed by atoms with E-state index in [4.69, 9.17) is 4.74 Å². The molecule has 2 atom stereocenters. The summed E-state index contributed by atoms with van der Waals surface area (Å²) in [4.78, 5) is 8.76. The van der Waals surface area contributed by atoms with Crippen molar-refractivity contribution in [2.75, 3.05) is 11.9 Å². The highest BCUT2D eigenvalue weighted by Crippen LogP contribution is 2.29. The average molecular weight is 287 g/mol. The minimum atomic E-state index is 0.106. The van der Waals surface area contributed by atoms with Gasteiger partial charge in [0, 0.05) is 43.2 Å². The molecule has 1 fully saturated rings. The summed E-state index contributed by atoms with van der Waals surface area (Å²) in [6.45, 7) is 4.66. The maximum atomic E-state index is 5.87. The molecule has 21 heavy (non-hydrogen) atoms. The molecule has 0 bridgehead atoms. The van der Waals surface area contributed by atoms with Gasteiger partial charge in [-0.15, -0.1) is 0 Å². The van der Waals surface area contributed by atoms with E-state index >= 15 is 0 Å². The first-order valence-corrected chi connectivity index (χ1v) is 7.29. The van der Waals surface area contributed by atoms with Crippen LogP contribution in [0.15, 0.2) is 18.5 Å². The Morgan fingerprint density at radius 1 is 1.33 bits per heavy atom. The minimum Gasteiger partial charge on any atom is -0.373 e. The molecule has 2 aromatic heterocycles. The summed E-state index contributed by atoms with van der Waals surface area (Å²) in [7, 11) is 1.93. The quantitative estimate of drug-likeness (QED) is 0.937. The fourth-order valence-electron chi connectivity index (χ4n) is 2.77. The molecule has 1 aliphatic heterocycles. The van der Waals surface area contributed by atoms with Crippen LogP contribution >= 0.6 is 0 Å². The molecular formula is C15H21N5O. The number of rotatable bonds is 3. The van der Waals surface area contributed by atoms with Gasteiger partial charge in [0.2, 0.25) is 0 Å². The van der Waals surface area contributed by atoms with E-state index in [9.17, 15) is 0 Å². The van der Waals surface area contributed by atoms with Crippen LogP contribution in [0.2, 0.25) is 0 Å². The van der Waals surface area contributed by atoms with E-state index in [0.29, 0.717) is 6.04 Å². The van der Waals surface area contributed by atoms with Gasteiger partial charge in [-0.3, -0.25) is 4.68 Å². The highest BCUT2D eigenvalue weighted by molar-refractivity contribution is 5.37. The molecule has 112 valence electrons. The van der Waals surface area contributed by atoms with Gasteiger partial charge in [-0.1, -0.05) is 0 Å². The number of anilines is 1. The Morgan fingerprint density at radius 2 is 2.19 bits per heavy atom. The number of aryl methyl sites for hydroxylation is 3. The van der Waals surface area contributed by atoms with Crippen LogP contribution in [0.4, 0.5) is 5.82 Å². The molecule has 0 saturated carbocycles. The highest BCUT2D eigenvalue weighted by atomic mass is 16.5. The normalized spacial score (nSPS) is 22.2. The summed E-state index contributed by atoms with van der Waals surface area (Å²) >= 11 is 0. The van der Waals surface area contributed by atoms with Crippen LogP contribution < -0.4 is 5.32 Å². The van der Waals surface area contributed by atoms with Crippen molar-refractivity contribution >= 4 is 5.82 Å². The molecule has 0 spiro atoms. The van der Waals surface area contributed by atoms with Crippen molar-refractivity contribution in [3.63, 3.8) is 0 Å². The van der Waals surface area contributed by atoms with Crippen LogP contribution in [-0.2, 0) is 11.8 Å². The molecule has 0 amide bonds. The van der Waals surface area contributed by atoms with Crippen molar-refractivity contribution in [2.24, 2.45) is 7.05 Å². The summed E-state index contributed by atoms with van der Waals surface area (Å²) < 4.78 is 7.68. The van der Waals surface area contributed by atoms with Gasteiger partial charge in [0.05, 0.1) is 12.3 Å². The number of nitrogens with zero attached hydrogens (tertiary/aromatic N) is 4. The SMILES string of the molecule is Cc1cc(N[C@H]2CCO[C@H](c3cnn(C)c3)C2)nc(C)n1. The van der Waals surface area contributed by atoms with Gasteiger partial charge in [-0.05, 0) is 26.7 Å². The van der Waals surface area contributed by atoms with Crippen LogP contribution in [0.25, 0.3) is 0 Å². The van der Waals surface area contributed by atoms with E-state index in [1.807, 2.05) is 44.0 Å². The van der Waals surface area contributed by atoms with Gasteiger partial charge in [0.25, 0.3) is 0 Å². The van der Waals surface area contributed by atoms with Crippen LogP contribution in [0.1, 0.15) is 36.0 Å². The first-order valence-electron chi connectivity index (χ1n) is 7.29. The molecule has 0 aliphatic carbocycles. The first kappa shape index (κ1) is 14.0. The molecule has 3 rings (SSSR count). The summed E-state index contributed by atoms with van der Waals surface area (Å²) in [5.41, 5.74) is 2.12. The van der Waals surface area contributed by atoms with Crippen LogP contribution in [-0.4, -0.2) is 32.4 Å². The van der Waals surface area contributed by atoms with Crippen LogP contribution in [0.3, 0.4) is 0 Å². The van der Waals surface area contributed by atoms with Crippen molar-refractivity contribution in [3.05, 3.63) is 35.5 Å². The third-order valence-electron chi connectivity index (χ3n) is 3.70. The van der Waals surface area contributed by atoms with Crippen molar-refractivity contribution < 1.29 is 4.74 Å². The lowest BCUT2D eigenvalue weighted by Crippen LogP contribution is -2.30. The van der Waals surface area contributed by atoms with Gasteiger partial charge < -0.3 is 10.1 Å². The summed E-state index contributed by atoms with van der Waals surface area (Å²) in [6.07, 6.45) is 5.92. The molecule has 2 aromatic rings. The van der Waals surface area contributed by atoms with Gasteiger partial charge in [0.15, 0.2) is 0 Å². The van der Waals surface area contributed by atoms with Crippen molar-refractivity contribution in [1.82, 2.24) is 19.7 Å². The maximum Gasteiger partial charge on any atom is 0.130 e. The van der Waals surface area contributed by atoms with Crippen LogP contribution in [0, 0.1) is 13.8 Å². The van der Waals surface area contributed by atoms with Gasteiger partial charge in [0.1, 0.15) is 11.6 Å². The fraction of sp³-hybridized carbons (Fsp3) is 0.533. The Balaban J connectivity index is 1.68. The van der Waals surface area contributed by atoms with Crippen molar-refractivity contribution in [1.29, 1.82) is 0 Å². The van der Waals surface area contributed by atoms with Gasteiger partial charge >= 0.3 is 0 Å². The lowest BCUT2D eigenvalue weighted by atomic mass is 9.99. The fourth-order valence-corrected chi connectivity index (χ4v) is 2.77. The Labute approximate surface area is 124 Å². The zero-order chi connectivity index (χ0) is 14.8. The van der Waals surface area contributed by atoms with Gasteiger partial charge in [-0.25, -0.2) is 9.97 Å². The number of aromatic nitrogens is 4. The summed E-state index contributed by atoms with van der Waals surface area (Å²) in [5, 5.41) is 7.73. The molecule has 0 aromatic carbocycles. The second-order valence-corrected chi connectivity index (χ2v) is 5.61. The van der Waals surface area contributed by atoms with E-state index < -0.39 is 0 Å². The molecule has 6 nitrogen and oxygen atoms in total. The molecule has 6 heteroatoms. The van der Waals surface area contributed by atoms with Crippen molar-refractivity contribution in [3.8, 4) is 0 Å². The largest absolute Gasteiger partial charge is 0.373 e. The minimum absolute atomic E-state index is 0.106. The van der Waals surface area contributed by atoms with E-state index in [-0.39, 0.29) is 6.10 Å².